The zero-order valence-electron chi connectivity index (χ0n) is 11.3. The second kappa shape index (κ2) is 7.16. The molecule has 0 aliphatic heterocycles. The molecule has 0 saturated carbocycles. The molecule has 1 N–H and O–H groups in total. The monoisotopic (exact) mass is 321 g/mol. The fraction of sp³-hybridized carbons (Fsp3) is 0.0625. The van der Waals surface area contributed by atoms with Crippen molar-refractivity contribution in [3.8, 4) is 5.75 Å². The lowest BCUT2D eigenvalue weighted by atomic mass is 10.1. The van der Waals surface area contributed by atoms with Crippen molar-refractivity contribution in [3.05, 3.63) is 70.3 Å². The molecular formula is C16H13Cl2NO2. The Bertz CT molecular complexity index is 646. The minimum atomic E-state index is -0.113. The summed E-state index contributed by atoms with van der Waals surface area (Å²) < 4.78 is 5.04. The highest BCUT2D eigenvalue weighted by atomic mass is 35.5. The van der Waals surface area contributed by atoms with E-state index in [9.17, 15) is 4.79 Å². The number of ketones is 1. The Labute approximate surface area is 133 Å². The van der Waals surface area contributed by atoms with Crippen LogP contribution in [0.25, 0.3) is 0 Å². The molecule has 0 aliphatic rings. The van der Waals surface area contributed by atoms with Crippen LogP contribution in [0.1, 0.15) is 10.4 Å². The summed E-state index contributed by atoms with van der Waals surface area (Å²) in [6, 6.07) is 12.0. The molecular weight excluding hydrogens is 309 g/mol. The van der Waals surface area contributed by atoms with Crippen molar-refractivity contribution in [2.24, 2.45) is 0 Å². The van der Waals surface area contributed by atoms with Gasteiger partial charge >= 0.3 is 0 Å². The van der Waals surface area contributed by atoms with E-state index in [0.717, 1.165) is 0 Å². The number of hydrogen-bond acceptors (Lipinski definition) is 3. The highest BCUT2D eigenvalue weighted by Crippen LogP contribution is 2.22. The molecule has 0 atom stereocenters. The molecule has 0 amide bonds. The van der Waals surface area contributed by atoms with Crippen molar-refractivity contribution in [1.82, 2.24) is 0 Å². The van der Waals surface area contributed by atoms with E-state index >= 15 is 0 Å². The van der Waals surface area contributed by atoms with Gasteiger partial charge in [0.25, 0.3) is 0 Å². The number of anilines is 1. The molecule has 3 nitrogen and oxygen atoms in total. The smallest absolute Gasteiger partial charge is 0.187 e. The Hall–Kier alpha value is -1.97. The Morgan fingerprint density at radius 3 is 2.29 bits per heavy atom. The third-order valence-corrected chi connectivity index (χ3v) is 3.16. The van der Waals surface area contributed by atoms with Gasteiger partial charge in [0.05, 0.1) is 7.11 Å². The average Bonchev–Trinajstić information content (AvgIpc) is 2.46. The van der Waals surface area contributed by atoms with Gasteiger partial charge in [-0.25, -0.2) is 0 Å². The molecule has 2 aromatic carbocycles. The van der Waals surface area contributed by atoms with Crippen LogP contribution >= 0.6 is 23.2 Å². The number of rotatable bonds is 5. The van der Waals surface area contributed by atoms with Crippen molar-refractivity contribution in [2.45, 2.75) is 0 Å². The summed E-state index contributed by atoms with van der Waals surface area (Å²) in [5.74, 6) is 0.598. The molecule has 0 bridgehead atoms. The maximum Gasteiger partial charge on any atom is 0.187 e. The number of nitrogens with one attached hydrogen (secondary N) is 1. The largest absolute Gasteiger partial charge is 0.497 e. The minimum Gasteiger partial charge on any atom is -0.497 e. The van der Waals surface area contributed by atoms with Crippen molar-refractivity contribution in [3.63, 3.8) is 0 Å². The predicted octanol–water partition coefficient (Wildman–Crippen LogP) is 4.81. The third kappa shape index (κ3) is 4.52. The van der Waals surface area contributed by atoms with Gasteiger partial charge in [-0.05, 0) is 42.5 Å². The molecule has 0 aromatic heterocycles. The first-order valence-electron chi connectivity index (χ1n) is 6.16. The third-order valence-electron chi connectivity index (χ3n) is 2.72. The molecule has 108 valence electrons. The zero-order chi connectivity index (χ0) is 15.2. The predicted molar refractivity (Wildman–Crippen MR) is 86.5 cm³/mol. The summed E-state index contributed by atoms with van der Waals surface area (Å²) in [5, 5.41) is 4.01. The molecule has 0 fully saturated rings. The number of carbonyl (C=O) groups excluding carboxylic acids is 1. The summed E-state index contributed by atoms with van der Waals surface area (Å²) in [5.41, 5.74) is 1.30. The standard InChI is InChI=1S/C16H13Cl2NO2/c1-21-15-4-2-11(3-5-15)16(20)6-7-19-14-9-12(17)8-13(18)10-14/h2-10,19H,1H3. The number of hydrogen-bond donors (Lipinski definition) is 1. The number of ether oxygens (including phenoxy) is 1. The highest BCUT2D eigenvalue weighted by molar-refractivity contribution is 6.35. The number of methoxy groups -OCH3 is 1. The first-order valence-corrected chi connectivity index (χ1v) is 6.91. The Kier molecular flexibility index (Phi) is 5.26. The Balaban J connectivity index is 2.01. The van der Waals surface area contributed by atoms with Crippen LogP contribution in [0, 0.1) is 0 Å². The zero-order valence-corrected chi connectivity index (χ0v) is 12.8. The summed E-state index contributed by atoms with van der Waals surface area (Å²) in [6.07, 6.45) is 2.99. The Morgan fingerprint density at radius 1 is 1.10 bits per heavy atom. The molecule has 2 aromatic rings. The van der Waals surface area contributed by atoms with E-state index in [1.165, 1.54) is 6.08 Å². The second-order valence-electron chi connectivity index (χ2n) is 4.23. The quantitative estimate of drug-likeness (QED) is 0.634. The van der Waals surface area contributed by atoms with E-state index in [1.807, 2.05) is 0 Å². The molecule has 0 aliphatic carbocycles. The van der Waals surface area contributed by atoms with Gasteiger partial charge in [-0.15, -0.1) is 0 Å². The molecule has 0 unspecified atom stereocenters. The summed E-state index contributed by atoms with van der Waals surface area (Å²) >= 11 is 11.8. The van der Waals surface area contributed by atoms with Crippen LogP contribution in [-0.2, 0) is 0 Å². The fourth-order valence-electron chi connectivity index (χ4n) is 1.70. The van der Waals surface area contributed by atoms with Crippen LogP contribution in [0.4, 0.5) is 5.69 Å². The summed E-state index contributed by atoms with van der Waals surface area (Å²) in [4.78, 5) is 11.9. The summed E-state index contributed by atoms with van der Waals surface area (Å²) in [7, 11) is 1.58. The van der Waals surface area contributed by atoms with Crippen LogP contribution in [0.2, 0.25) is 10.0 Å². The number of benzene rings is 2. The lowest BCUT2D eigenvalue weighted by molar-refractivity contribution is 0.104. The van der Waals surface area contributed by atoms with E-state index in [0.29, 0.717) is 27.0 Å². The van der Waals surface area contributed by atoms with Gasteiger partial charge in [0.2, 0.25) is 0 Å². The maximum atomic E-state index is 11.9. The van der Waals surface area contributed by atoms with Gasteiger partial charge in [0.15, 0.2) is 5.78 Å². The lowest BCUT2D eigenvalue weighted by Crippen LogP contribution is -1.96. The van der Waals surface area contributed by atoms with E-state index in [1.54, 1.807) is 55.8 Å². The number of carbonyl (C=O) groups is 1. The van der Waals surface area contributed by atoms with Crippen LogP contribution in [0.15, 0.2) is 54.7 Å². The minimum absolute atomic E-state index is 0.113. The molecule has 0 saturated heterocycles. The van der Waals surface area contributed by atoms with Gasteiger partial charge in [-0.3, -0.25) is 4.79 Å². The van der Waals surface area contributed by atoms with Crippen LogP contribution in [0.5, 0.6) is 5.75 Å². The van der Waals surface area contributed by atoms with Gasteiger partial charge in [0, 0.05) is 33.6 Å². The first-order chi connectivity index (χ1) is 10.1. The van der Waals surface area contributed by atoms with Gasteiger partial charge < -0.3 is 10.1 Å². The van der Waals surface area contributed by atoms with Gasteiger partial charge in [-0.2, -0.15) is 0 Å². The van der Waals surface area contributed by atoms with Crippen LogP contribution in [0.3, 0.4) is 0 Å². The average molecular weight is 322 g/mol. The van der Waals surface area contributed by atoms with E-state index in [4.69, 9.17) is 27.9 Å². The molecule has 2 rings (SSSR count). The van der Waals surface area contributed by atoms with Crippen molar-refractivity contribution in [1.29, 1.82) is 0 Å². The number of halogens is 2. The van der Waals surface area contributed by atoms with Crippen molar-refractivity contribution < 1.29 is 9.53 Å². The van der Waals surface area contributed by atoms with Crippen LogP contribution in [-0.4, -0.2) is 12.9 Å². The first kappa shape index (κ1) is 15.4. The molecule has 0 spiro atoms. The fourth-order valence-corrected chi connectivity index (χ4v) is 2.23. The van der Waals surface area contributed by atoms with E-state index < -0.39 is 0 Å². The highest BCUT2D eigenvalue weighted by Gasteiger charge is 2.02. The topological polar surface area (TPSA) is 38.3 Å². The van der Waals surface area contributed by atoms with E-state index in [2.05, 4.69) is 5.32 Å². The molecule has 21 heavy (non-hydrogen) atoms. The normalized spacial score (nSPS) is 10.6. The van der Waals surface area contributed by atoms with Crippen molar-refractivity contribution >= 4 is 34.7 Å². The van der Waals surface area contributed by atoms with Crippen LogP contribution < -0.4 is 10.1 Å². The number of allylic oxidation sites excluding steroid dienone is 1. The van der Waals surface area contributed by atoms with Crippen molar-refractivity contribution in [2.75, 3.05) is 12.4 Å². The maximum absolute atomic E-state index is 11.9. The van der Waals surface area contributed by atoms with Gasteiger partial charge in [-0.1, -0.05) is 23.2 Å². The molecule has 5 heteroatoms. The Morgan fingerprint density at radius 2 is 1.71 bits per heavy atom. The van der Waals surface area contributed by atoms with E-state index in [-0.39, 0.29) is 5.78 Å². The van der Waals surface area contributed by atoms with Gasteiger partial charge in [0.1, 0.15) is 5.75 Å². The summed E-state index contributed by atoms with van der Waals surface area (Å²) in [6.45, 7) is 0. The second-order valence-corrected chi connectivity index (χ2v) is 5.10. The molecule has 0 radical (unpaired) electrons. The molecule has 0 heterocycles. The lowest BCUT2D eigenvalue weighted by Gasteiger charge is -2.03. The SMILES string of the molecule is COc1ccc(C(=O)C=CNc2cc(Cl)cc(Cl)c2)cc1.